The van der Waals surface area contributed by atoms with E-state index < -0.39 is 0 Å². The first-order valence-corrected chi connectivity index (χ1v) is 10.4. The third-order valence-corrected chi connectivity index (χ3v) is 5.66. The quantitative estimate of drug-likeness (QED) is 0.310. The summed E-state index contributed by atoms with van der Waals surface area (Å²) in [5.74, 6) is 0. The standard InChI is InChI=1S/C26H17ClN4/c27-25-4-2-1-3-23(25)24-14-22-13-20-8-7-18(29-20)11-16-5-6-17(28-16)12-19-9-10-21(30-19)15-26(24)31-22/h1-15,28-29H. The number of rotatable bonds is 1. The van der Waals surface area contributed by atoms with Gasteiger partial charge in [-0.25, -0.2) is 9.97 Å². The van der Waals surface area contributed by atoms with E-state index in [9.17, 15) is 0 Å². The summed E-state index contributed by atoms with van der Waals surface area (Å²) in [7, 11) is 0. The van der Waals surface area contributed by atoms with Crippen LogP contribution in [0, 0.1) is 0 Å². The number of hydrogen-bond acceptors (Lipinski definition) is 2. The van der Waals surface area contributed by atoms with Crippen LogP contribution in [0.4, 0.5) is 0 Å². The van der Waals surface area contributed by atoms with E-state index in [0.29, 0.717) is 5.02 Å². The summed E-state index contributed by atoms with van der Waals surface area (Å²) in [6.45, 7) is 0. The van der Waals surface area contributed by atoms with Gasteiger partial charge in [0.05, 0.1) is 22.8 Å². The van der Waals surface area contributed by atoms with Crippen molar-refractivity contribution < 1.29 is 0 Å². The number of aromatic amines is 2. The highest BCUT2D eigenvalue weighted by Crippen LogP contribution is 2.33. The molecule has 0 saturated heterocycles. The molecule has 6 rings (SSSR count). The van der Waals surface area contributed by atoms with Gasteiger partial charge in [-0.05, 0) is 72.8 Å². The number of nitrogens with zero attached hydrogens (tertiary/aromatic N) is 2. The van der Waals surface area contributed by atoms with Gasteiger partial charge >= 0.3 is 0 Å². The van der Waals surface area contributed by atoms with Gasteiger partial charge in [-0.2, -0.15) is 0 Å². The van der Waals surface area contributed by atoms with Crippen LogP contribution in [0.1, 0.15) is 28.3 Å². The number of nitrogens with one attached hydrogen (secondary N) is 2. The highest BCUT2D eigenvalue weighted by atomic mass is 35.5. The molecule has 2 N–H and O–H groups in total. The van der Waals surface area contributed by atoms with Crippen LogP contribution in [-0.2, 0) is 0 Å². The van der Waals surface area contributed by atoms with Crippen LogP contribution in [0.2, 0.25) is 5.02 Å². The number of hydrogen-bond donors (Lipinski definition) is 2. The highest BCUT2D eigenvalue weighted by molar-refractivity contribution is 6.32. The Balaban J connectivity index is 1.66. The van der Waals surface area contributed by atoms with Gasteiger partial charge in [0, 0.05) is 38.2 Å². The number of benzene rings is 1. The molecule has 0 amide bonds. The summed E-state index contributed by atoms with van der Waals surface area (Å²) in [6, 6.07) is 24.2. The Morgan fingerprint density at radius 2 is 1.23 bits per heavy atom. The Morgan fingerprint density at radius 3 is 1.94 bits per heavy atom. The van der Waals surface area contributed by atoms with Gasteiger partial charge in [0.25, 0.3) is 0 Å². The maximum atomic E-state index is 6.51. The second-order valence-electron chi connectivity index (χ2n) is 7.57. The minimum atomic E-state index is 0.700. The van der Waals surface area contributed by atoms with Gasteiger partial charge in [-0.15, -0.1) is 0 Å². The van der Waals surface area contributed by atoms with E-state index in [4.69, 9.17) is 21.6 Å². The van der Waals surface area contributed by atoms with Crippen LogP contribution in [0.3, 0.4) is 0 Å². The number of halogens is 1. The first-order chi connectivity index (χ1) is 15.2. The van der Waals surface area contributed by atoms with Gasteiger partial charge in [0.2, 0.25) is 0 Å². The average Bonchev–Trinajstić information content (AvgIpc) is 3.53. The van der Waals surface area contributed by atoms with Crippen molar-refractivity contribution in [3.63, 3.8) is 0 Å². The van der Waals surface area contributed by atoms with E-state index in [1.54, 1.807) is 0 Å². The lowest BCUT2D eigenvalue weighted by molar-refractivity contribution is 1.27. The Kier molecular flexibility index (Phi) is 4.11. The van der Waals surface area contributed by atoms with E-state index in [2.05, 4.69) is 46.4 Å². The van der Waals surface area contributed by atoms with E-state index in [1.165, 1.54) is 0 Å². The van der Waals surface area contributed by atoms with Crippen LogP contribution in [0.5, 0.6) is 0 Å². The van der Waals surface area contributed by atoms with Crippen molar-refractivity contribution in [2.45, 2.75) is 0 Å². The molecule has 8 bridgehead atoms. The highest BCUT2D eigenvalue weighted by Gasteiger charge is 2.15. The maximum absolute atomic E-state index is 6.51. The summed E-state index contributed by atoms with van der Waals surface area (Å²) in [5.41, 5.74) is 9.44. The van der Waals surface area contributed by atoms with Crippen LogP contribution in [-0.4, -0.2) is 19.9 Å². The summed E-state index contributed by atoms with van der Waals surface area (Å²) in [4.78, 5) is 16.5. The van der Waals surface area contributed by atoms with Crippen molar-refractivity contribution in [3.8, 4) is 0 Å². The third-order valence-electron chi connectivity index (χ3n) is 5.33. The molecule has 4 aromatic rings. The third kappa shape index (κ3) is 3.47. The fraction of sp³-hybridized carbons (Fsp3) is 0. The second kappa shape index (κ2) is 7.11. The van der Waals surface area contributed by atoms with Crippen molar-refractivity contribution in [1.82, 2.24) is 19.9 Å². The van der Waals surface area contributed by atoms with Gasteiger partial charge in [-0.1, -0.05) is 29.8 Å². The molecule has 0 radical (unpaired) electrons. The van der Waals surface area contributed by atoms with Crippen LogP contribution < -0.4 is 0 Å². The van der Waals surface area contributed by atoms with Crippen molar-refractivity contribution in [2.75, 3.05) is 0 Å². The SMILES string of the molecule is Clc1ccccc1C1=Cc2cc3ccc(cc4ccc(cc5nc(cc1n2)C=C5)[nH]4)[nH]3. The molecule has 5 heteroatoms. The first-order valence-electron chi connectivity index (χ1n) is 10.0. The van der Waals surface area contributed by atoms with Crippen molar-refractivity contribution in [2.24, 2.45) is 0 Å². The summed E-state index contributed by atoms with van der Waals surface area (Å²) < 4.78 is 0. The predicted molar refractivity (Wildman–Crippen MR) is 128 cm³/mol. The molecular formula is C26H17ClN4. The Bertz CT molecular complexity index is 1550. The summed E-state index contributed by atoms with van der Waals surface area (Å²) in [6.07, 6.45) is 6.09. The van der Waals surface area contributed by atoms with Crippen LogP contribution in [0.25, 0.3) is 45.9 Å². The molecule has 0 spiro atoms. The Hall–Kier alpha value is -3.89. The lowest BCUT2D eigenvalue weighted by Crippen LogP contribution is -1.87. The molecule has 5 heterocycles. The number of aromatic nitrogens is 4. The molecule has 0 atom stereocenters. The molecule has 0 saturated carbocycles. The first kappa shape index (κ1) is 17.9. The number of H-pyrrole nitrogens is 2. The maximum Gasteiger partial charge on any atom is 0.0738 e. The fourth-order valence-electron chi connectivity index (χ4n) is 3.91. The minimum absolute atomic E-state index is 0.700. The molecule has 0 fully saturated rings. The average molecular weight is 421 g/mol. The van der Waals surface area contributed by atoms with Gasteiger partial charge in [-0.3, -0.25) is 0 Å². The van der Waals surface area contributed by atoms with E-state index >= 15 is 0 Å². The molecular weight excluding hydrogens is 404 g/mol. The lowest BCUT2D eigenvalue weighted by Gasteiger charge is -2.04. The van der Waals surface area contributed by atoms with Gasteiger partial charge < -0.3 is 9.97 Å². The van der Waals surface area contributed by atoms with E-state index in [0.717, 1.165) is 56.0 Å². The normalized spacial score (nSPS) is 12.7. The molecule has 0 unspecified atom stereocenters. The van der Waals surface area contributed by atoms with Crippen molar-refractivity contribution >= 4 is 57.5 Å². The van der Waals surface area contributed by atoms with Crippen LogP contribution >= 0.6 is 11.6 Å². The zero-order chi connectivity index (χ0) is 20.8. The zero-order valence-corrected chi connectivity index (χ0v) is 17.2. The zero-order valence-electron chi connectivity index (χ0n) is 16.4. The molecule has 3 aromatic heterocycles. The van der Waals surface area contributed by atoms with E-state index in [1.807, 2.05) is 54.6 Å². The van der Waals surface area contributed by atoms with E-state index in [-0.39, 0.29) is 0 Å². The van der Waals surface area contributed by atoms with Gasteiger partial charge in [0.15, 0.2) is 0 Å². The topological polar surface area (TPSA) is 57.4 Å². The molecule has 4 nitrogen and oxygen atoms in total. The smallest absolute Gasteiger partial charge is 0.0738 e. The minimum Gasteiger partial charge on any atom is -0.355 e. The Morgan fingerprint density at radius 1 is 0.613 bits per heavy atom. The Labute approximate surface area is 183 Å². The van der Waals surface area contributed by atoms with Crippen molar-refractivity contribution in [3.05, 3.63) is 106 Å². The van der Waals surface area contributed by atoms with Crippen molar-refractivity contribution in [1.29, 1.82) is 0 Å². The fourth-order valence-corrected chi connectivity index (χ4v) is 4.15. The molecule has 1 aromatic carbocycles. The molecule has 148 valence electrons. The molecule has 31 heavy (non-hydrogen) atoms. The molecule has 2 aliphatic rings. The molecule has 2 aliphatic heterocycles. The van der Waals surface area contributed by atoms with Gasteiger partial charge in [0.1, 0.15) is 0 Å². The predicted octanol–water partition coefficient (Wildman–Crippen LogP) is 6.73. The summed E-state index contributed by atoms with van der Waals surface area (Å²) >= 11 is 6.51. The second-order valence-corrected chi connectivity index (χ2v) is 7.98. The largest absolute Gasteiger partial charge is 0.355 e. The number of fused-ring (bicyclic) bond motifs is 8. The monoisotopic (exact) mass is 420 g/mol. The van der Waals surface area contributed by atoms with Crippen LogP contribution in [0.15, 0.2) is 72.8 Å². The molecule has 0 aliphatic carbocycles. The summed E-state index contributed by atoms with van der Waals surface area (Å²) in [5, 5.41) is 0.700. The lowest BCUT2D eigenvalue weighted by atomic mass is 10.0.